The highest BCUT2D eigenvalue weighted by molar-refractivity contribution is 7.89. The zero-order valence-electron chi connectivity index (χ0n) is 16.2. The van der Waals surface area contributed by atoms with Gasteiger partial charge in [0.25, 0.3) is 5.91 Å². The number of halogens is 3. The molecule has 2 aromatic carbocycles. The third kappa shape index (κ3) is 5.11. The number of piperidine rings is 1. The number of benzene rings is 2. The van der Waals surface area contributed by atoms with Gasteiger partial charge in [-0.25, -0.2) is 8.42 Å². The number of rotatable bonds is 5. The molecule has 162 valence electrons. The van der Waals surface area contributed by atoms with Crippen LogP contribution in [0.25, 0.3) is 0 Å². The number of alkyl halides is 3. The predicted molar refractivity (Wildman–Crippen MR) is 105 cm³/mol. The maximum absolute atomic E-state index is 12.9. The molecule has 3 rings (SSSR count). The van der Waals surface area contributed by atoms with E-state index in [4.69, 9.17) is 0 Å². The summed E-state index contributed by atoms with van der Waals surface area (Å²) in [7, 11) is -3.76. The van der Waals surface area contributed by atoms with Crippen LogP contribution in [0.3, 0.4) is 0 Å². The lowest BCUT2D eigenvalue weighted by molar-refractivity contribution is -0.274. The molecule has 30 heavy (non-hydrogen) atoms. The first-order valence-electron chi connectivity index (χ1n) is 9.35. The highest BCUT2D eigenvalue weighted by Gasteiger charge is 2.32. The number of nitrogens with zero attached hydrogens (tertiary/aromatic N) is 1. The number of hydrogen-bond donors (Lipinski definition) is 1. The van der Waals surface area contributed by atoms with Crippen LogP contribution in [0.15, 0.2) is 47.4 Å². The van der Waals surface area contributed by atoms with Crippen LogP contribution in [0.2, 0.25) is 0 Å². The predicted octanol–water partition coefficient (Wildman–Crippen LogP) is 4.32. The number of nitrogens with one attached hydrogen (secondary N) is 1. The van der Waals surface area contributed by atoms with Crippen LogP contribution < -0.4 is 10.1 Å². The minimum Gasteiger partial charge on any atom is -0.404 e. The summed E-state index contributed by atoms with van der Waals surface area (Å²) in [5, 5.41) is 2.38. The second-order valence-corrected chi connectivity index (χ2v) is 8.88. The van der Waals surface area contributed by atoms with E-state index in [1.807, 2.05) is 0 Å². The zero-order chi connectivity index (χ0) is 21.9. The molecule has 6 nitrogen and oxygen atoms in total. The van der Waals surface area contributed by atoms with E-state index in [0.717, 1.165) is 25.3 Å². The number of para-hydroxylation sites is 2. The lowest BCUT2D eigenvalue weighted by Crippen LogP contribution is -2.35. The van der Waals surface area contributed by atoms with E-state index in [9.17, 15) is 26.4 Å². The molecule has 0 bridgehead atoms. The molecule has 0 spiro atoms. The van der Waals surface area contributed by atoms with E-state index in [0.29, 0.717) is 18.7 Å². The summed E-state index contributed by atoms with van der Waals surface area (Å²) in [5.41, 5.74) is 0.359. The Hall–Kier alpha value is -2.59. The quantitative estimate of drug-likeness (QED) is 0.748. The second kappa shape index (κ2) is 8.65. The number of anilines is 1. The lowest BCUT2D eigenvalue weighted by Gasteiger charge is -2.26. The number of amides is 1. The van der Waals surface area contributed by atoms with Gasteiger partial charge in [0, 0.05) is 18.7 Å². The van der Waals surface area contributed by atoms with Crippen LogP contribution in [-0.4, -0.2) is 38.1 Å². The van der Waals surface area contributed by atoms with Crippen molar-refractivity contribution in [1.29, 1.82) is 0 Å². The van der Waals surface area contributed by atoms with Crippen LogP contribution in [0.5, 0.6) is 5.75 Å². The molecule has 0 saturated carbocycles. The van der Waals surface area contributed by atoms with Gasteiger partial charge in [0.2, 0.25) is 10.0 Å². The number of hydrogen-bond acceptors (Lipinski definition) is 4. The first-order valence-corrected chi connectivity index (χ1v) is 10.8. The molecule has 1 aliphatic heterocycles. The van der Waals surface area contributed by atoms with Gasteiger partial charge >= 0.3 is 6.36 Å². The third-order valence-electron chi connectivity index (χ3n) is 4.77. The van der Waals surface area contributed by atoms with E-state index in [1.54, 1.807) is 6.92 Å². The largest absolute Gasteiger partial charge is 0.573 e. The number of carbonyl (C=O) groups is 1. The van der Waals surface area contributed by atoms with E-state index >= 15 is 0 Å². The van der Waals surface area contributed by atoms with Gasteiger partial charge in [-0.05, 0) is 49.6 Å². The van der Waals surface area contributed by atoms with Crippen molar-refractivity contribution < 1.29 is 31.1 Å². The van der Waals surface area contributed by atoms with Gasteiger partial charge in [0.05, 0.1) is 10.6 Å². The summed E-state index contributed by atoms with van der Waals surface area (Å²) in [6, 6.07) is 9.31. The van der Waals surface area contributed by atoms with Crippen LogP contribution >= 0.6 is 0 Å². The number of ether oxygens (including phenoxy) is 1. The Morgan fingerprint density at radius 3 is 2.40 bits per heavy atom. The minimum atomic E-state index is -4.92. The van der Waals surface area contributed by atoms with Gasteiger partial charge in [-0.1, -0.05) is 24.6 Å². The van der Waals surface area contributed by atoms with Gasteiger partial charge in [-0.15, -0.1) is 13.2 Å². The Labute approximate surface area is 172 Å². The SMILES string of the molecule is Cc1ccc(S(=O)(=O)N2CCCCC2)cc1C(=O)Nc1ccccc1OC(F)(F)F. The normalized spacial score (nSPS) is 15.6. The van der Waals surface area contributed by atoms with E-state index in [2.05, 4.69) is 10.1 Å². The summed E-state index contributed by atoms with van der Waals surface area (Å²) in [4.78, 5) is 12.7. The number of aryl methyl sites for hydroxylation is 1. The van der Waals surface area contributed by atoms with Crippen molar-refractivity contribution in [3.05, 3.63) is 53.6 Å². The summed E-state index contributed by atoms with van der Waals surface area (Å²) in [6.07, 6.45) is -2.41. The Bertz CT molecular complexity index is 1030. The lowest BCUT2D eigenvalue weighted by atomic mass is 10.1. The van der Waals surface area contributed by atoms with E-state index < -0.39 is 28.0 Å². The number of sulfonamides is 1. The molecule has 1 heterocycles. The van der Waals surface area contributed by atoms with Gasteiger partial charge in [0.1, 0.15) is 0 Å². The monoisotopic (exact) mass is 442 g/mol. The fourth-order valence-corrected chi connectivity index (χ4v) is 4.78. The smallest absolute Gasteiger partial charge is 0.404 e. The van der Waals surface area contributed by atoms with Crippen LogP contribution in [0.1, 0.15) is 35.2 Å². The molecule has 1 aliphatic rings. The van der Waals surface area contributed by atoms with E-state index in [1.165, 1.54) is 40.7 Å². The fraction of sp³-hybridized carbons (Fsp3) is 0.350. The molecule has 10 heteroatoms. The Balaban J connectivity index is 1.88. The molecule has 2 aromatic rings. The molecule has 1 fully saturated rings. The highest BCUT2D eigenvalue weighted by atomic mass is 32.2. The maximum atomic E-state index is 12.9. The summed E-state index contributed by atoms with van der Waals surface area (Å²) < 4.78 is 68.9. The highest BCUT2D eigenvalue weighted by Crippen LogP contribution is 2.31. The molecule has 0 aliphatic carbocycles. The van der Waals surface area contributed by atoms with Crippen LogP contribution in [-0.2, 0) is 10.0 Å². The molecule has 0 radical (unpaired) electrons. The summed E-state index contributed by atoms with van der Waals surface area (Å²) in [6.45, 7) is 2.45. The topological polar surface area (TPSA) is 75.7 Å². The molecule has 0 atom stereocenters. The molecular formula is C20H21F3N2O4S. The Morgan fingerprint density at radius 2 is 1.73 bits per heavy atom. The second-order valence-electron chi connectivity index (χ2n) is 6.94. The van der Waals surface area contributed by atoms with Gasteiger partial charge in [0.15, 0.2) is 5.75 Å². The zero-order valence-corrected chi connectivity index (χ0v) is 17.0. The van der Waals surface area contributed by atoms with Crippen molar-refractivity contribution >= 4 is 21.6 Å². The Kier molecular flexibility index (Phi) is 6.37. The Morgan fingerprint density at radius 1 is 1.07 bits per heavy atom. The summed E-state index contributed by atoms with van der Waals surface area (Å²) in [5.74, 6) is -1.30. The molecule has 1 saturated heterocycles. The average Bonchev–Trinajstić information content (AvgIpc) is 2.69. The molecule has 1 amide bonds. The number of carbonyl (C=O) groups excluding carboxylic acids is 1. The average molecular weight is 442 g/mol. The van der Waals surface area contributed by atoms with Crippen molar-refractivity contribution in [2.24, 2.45) is 0 Å². The van der Waals surface area contributed by atoms with Crippen LogP contribution in [0, 0.1) is 6.92 Å². The van der Waals surface area contributed by atoms with Crippen molar-refractivity contribution in [2.45, 2.75) is 37.4 Å². The molecular weight excluding hydrogens is 421 g/mol. The van der Waals surface area contributed by atoms with Crippen LogP contribution in [0.4, 0.5) is 18.9 Å². The van der Waals surface area contributed by atoms with Gasteiger partial charge < -0.3 is 10.1 Å². The first kappa shape index (κ1) is 22.1. The standard InChI is InChI=1S/C20H21F3N2O4S/c1-14-9-10-15(30(27,28)25-11-5-2-6-12-25)13-16(14)19(26)24-17-7-3-4-8-18(17)29-20(21,22)23/h3-4,7-10,13H,2,5-6,11-12H2,1H3,(H,24,26). The van der Waals surface area contributed by atoms with Crippen molar-refractivity contribution in [2.75, 3.05) is 18.4 Å². The first-order chi connectivity index (χ1) is 14.1. The van der Waals surface area contributed by atoms with Crippen molar-refractivity contribution in [1.82, 2.24) is 4.31 Å². The fourth-order valence-electron chi connectivity index (χ4n) is 3.23. The molecule has 0 aromatic heterocycles. The van der Waals surface area contributed by atoms with Gasteiger partial charge in [-0.2, -0.15) is 4.31 Å². The van der Waals surface area contributed by atoms with Gasteiger partial charge in [-0.3, -0.25) is 4.79 Å². The molecule has 1 N–H and O–H groups in total. The van der Waals surface area contributed by atoms with Crippen molar-refractivity contribution in [3.8, 4) is 5.75 Å². The maximum Gasteiger partial charge on any atom is 0.573 e. The van der Waals surface area contributed by atoms with E-state index in [-0.39, 0.29) is 16.1 Å². The summed E-state index contributed by atoms with van der Waals surface area (Å²) >= 11 is 0. The minimum absolute atomic E-state index is 0.0278. The third-order valence-corrected chi connectivity index (χ3v) is 6.66. The van der Waals surface area contributed by atoms with Crippen molar-refractivity contribution in [3.63, 3.8) is 0 Å². The molecule has 0 unspecified atom stereocenters.